The number of carbonyl (C=O) groups excluding carboxylic acids is 1. The minimum atomic E-state index is -0.133. The summed E-state index contributed by atoms with van der Waals surface area (Å²) in [5, 5.41) is 3.37. The van der Waals surface area contributed by atoms with Crippen LogP contribution in [-0.4, -0.2) is 27.0 Å². The lowest BCUT2D eigenvalue weighted by Crippen LogP contribution is -2.19. The van der Waals surface area contributed by atoms with Crippen LogP contribution in [0.3, 0.4) is 0 Å². The second kappa shape index (κ2) is 9.01. The van der Waals surface area contributed by atoms with Gasteiger partial charge in [-0.25, -0.2) is 9.97 Å². The van der Waals surface area contributed by atoms with Crippen LogP contribution in [0, 0.1) is 12.0 Å². The smallest absolute Gasteiger partial charge is 0.217 e. The lowest BCUT2D eigenvalue weighted by atomic mass is 10.1. The fourth-order valence-electron chi connectivity index (χ4n) is 3.18. The first-order chi connectivity index (χ1) is 15.1. The van der Waals surface area contributed by atoms with Crippen molar-refractivity contribution >= 4 is 22.8 Å². The molecule has 7 nitrogen and oxygen atoms in total. The number of hydrogen-bond donors (Lipinski definition) is 2. The number of hydrogen-bond acceptors (Lipinski definition) is 5. The minimum Gasteiger partial charge on any atom is -0.489 e. The summed E-state index contributed by atoms with van der Waals surface area (Å²) in [6, 6.07) is 20.8. The zero-order chi connectivity index (χ0) is 21.6. The number of nitrogens with zero attached hydrogens (tertiary/aromatic N) is 3. The molecule has 0 atom stereocenters. The average molecular weight is 411 g/mol. The fraction of sp³-hybridized carbons (Fsp3) is 0.125. The molecule has 7 heteroatoms. The van der Waals surface area contributed by atoms with Crippen molar-refractivity contribution in [3.05, 3.63) is 72.7 Å². The Labute approximate surface area is 179 Å². The van der Waals surface area contributed by atoms with Gasteiger partial charge in [0.05, 0.1) is 11.9 Å². The van der Waals surface area contributed by atoms with Crippen LogP contribution in [0.5, 0.6) is 5.75 Å². The average Bonchev–Trinajstić information content (AvgIpc) is 3.16. The van der Waals surface area contributed by atoms with Gasteiger partial charge >= 0.3 is 0 Å². The van der Waals surface area contributed by atoms with Crippen molar-refractivity contribution in [3.63, 3.8) is 0 Å². The van der Waals surface area contributed by atoms with Crippen LogP contribution >= 0.6 is 0 Å². The summed E-state index contributed by atoms with van der Waals surface area (Å²) in [5.74, 6) is 3.90. The lowest BCUT2D eigenvalue weighted by Gasteiger charge is -2.08. The van der Waals surface area contributed by atoms with Gasteiger partial charge in [0.25, 0.3) is 0 Å². The molecule has 4 aromatic rings. The Bertz CT molecular complexity index is 1290. The molecule has 1 amide bonds. The molecule has 0 saturated heterocycles. The van der Waals surface area contributed by atoms with Crippen LogP contribution in [0.15, 0.2) is 67.1 Å². The lowest BCUT2D eigenvalue weighted by molar-refractivity contribution is -0.118. The number of nitrogen functional groups attached to an aromatic ring is 1. The van der Waals surface area contributed by atoms with Crippen molar-refractivity contribution in [3.8, 4) is 28.8 Å². The number of benzene rings is 2. The van der Waals surface area contributed by atoms with E-state index in [-0.39, 0.29) is 12.5 Å². The predicted octanol–water partition coefficient (Wildman–Crippen LogP) is 3.20. The first-order valence-corrected chi connectivity index (χ1v) is 9.74. The number of nitrogens with two attached hydrogens (primary N) is 1. The molecule has 0 spiro atoms. The summed E-state index contributed by atoms with van der Waals surface area (Å²) in [7, 11) is 0. The Balaban J connectivity index is 1.67. The number of aromatic nitrogens is 3. The number of nitrogens with one attached hydrogen (secondary N) is 1. The Morgan fingerprint density at radius 2 is 2.00 bits per heavy atom. The molecule has 2 heterocycles. The highest BCUT2D eigenvalue weighted by molar-refractivity contribution is 6.01. The van der Waals surface area contributed by atoms with Gasteiger partial charge < -0.3 is 15.8 Å². The summed E-state index contributed by atoms with van der Waals surface area (Å²) in [5.41, 5.74) is 9.64. The van der Waals surface area contributed by atoms with Crippen molar-refractivity contribution < 1.29 is 9.53 Å². The normalized spacial score (nSPS) is 10.4. The Morgan fingerprint density at radius 1 is 1.16 bits per heavy atom. The van der Waals surface area contributed by atoms with E-state index in [2.05, 4.69) is 27.2 Å². The SMILES string of the molecule is CC(=O)NCC#Cn1cc(-c2cccc(OCc3ccccc3)c2)c2c(N)ncnc21. The van der Waals surface area contributed by atoms with Gasteiger partial charge in [0.2, 0.25) is 5.91 Å². The van der Waals surface area contributed by atoms with Crippen molar-refractivity contribution in [1.29, 1.82) is 0 Å². The highest BCUT2D eigenvalue weighted by Gasteiger charge is 2.15. The van der Waals surface area contributed by atoms with Crippen LogP contribution in [0.2, 0.25) is 0 Å². The van der Waals surface area contributed by atoms with Gasteiger partial charge in [-0.15, -0.1) is 0 Å². The van der Waals surface area contributed by atoms with Gasteiger partial charge in [-0.1, -0.05) is 48.4 Å². The van der Waals surface area contributed by atoms with E-state index >= 15 is 0 Å². The first kappa shape index (κ1) is 20.0. The van der Waals surface area contributed by atoms with Gasteiger partial charge in [-0.3, -0.25) is 9.36 Å². The summed E-state index contributed by atoms with van der Waals surface area (Å²) >= 11 is 0. The molecule has 0 radical (unpaired) electrons. The van der Waals surface area contributed by atoms with Crippen LogP contribution in [0.1, 0.15) is 12.5 Å². The monoisotopic (exact) mass is 411 g/mol. The maximum Gasteiger partial charge on any atom is 0.217 e. The molecule has 154 valence electrons. The van der Waals surface area contributed by atoms with Gasteiger partial charge in [-0.05, 0) is 23.3 Å². The molecule has 0 fully saturated rings. The van der Waals surface area contributed by atoms with Crippen molar-refractivity contribution in [1.82, 2.24) is 19.9 Å². The highest BCUT2D eigenvalue weighted by Crippen LogP contribution is 2.33. The third kappa shape index (κ3) is 4.65. The molecule has 31 heavy (non-hydrogen) atoms. The van der Waals surface area contributed by atoms with E-state index < -0.39 is 0 Å². The second-order valence-corrected chi connectivity index (χ2v) is 6.87. The number of amides is 1. The van der Waals surface area contributed by atoms with Gasteiger partial charge in [0.1, 0.15) is 24.5 Å². The van der Waals surface area contributed by atoms with E-state index in [0.29, 0.717) is 18.1 Å². The quantitative estimate of drug-likeness (QED) is 0.492. The van der Waals surface area contributed by atoms with E-state index in [1.54, 1.807) is 4.57 Å². The third-order valence-electron chi connectivity index (χ3n) is 4.63. The maximum atomic E-state index is 11.0. The van der Waals surface area contributed by atoms with E-state index in [1.165, 1.54) is 13.3 Å². The Kier molecular flexibility index (Phi) is 5.81. The van der Waals surface area contributed by atoms with Crippen LogP contribution in [-0.2, 0) is 11.4 Å². The van der Waals surface area contributed by atoms with Crippen molar-refractivity contribution in [2.45, 2.75) is 13.5 Å². The predicted molar refractivity (Wildman–Crippen MR) is 120 cm³/mol. The van der Waals surface area contributed by atoms with Crippen molar-refractivity contribution in [2.24, 2.45) is 0 Å². The maximum absolute atomic E-state index is 11.0. The number of carbonyl (C=O) groups is 1. The molecule has 2 aromatic carbocycles. The molecule has 2 aromatic heterocycles. The Hall–Kier alpha value is -4.31. The van der Waals surface area contributed by atoms with Crippen LogP contribution < -0.4 is 15.8 Å². The largest absolute Gasteiger partial charge is 0.489 e. The zero-order valence-corrected chi connectivity index (χ0v) is 17.0. The Morgan fingerprint density at radius 3 is 2.81 bits per heavy atom. The number of anilines is 1. The van der Waals surface area contributed by atoms with Gasteiger partial charge in [-0.2, -0.15) is 0 Å². The van der Waals surface area contributed by atoms with Gasteiger partial charge in [0, 0.05) is 24.7 Å². The molecular formula is C24H21N5O2. The standard InChI is InChI=1S/C24H21N5O2/c1-17(30)26-11-6-12-29-14-21(22-23(25)27-16-28-24(22)29)19-9-5-10-20(13-19)31-15-18-7-3-2-4-8-18/h2-5,7-10,13-14,16H,11,15H2,1H3,(H,26,30)(H2,25,27,28). The second-order valence-electron chi connectivity index (χ2n) is 6.87. The molecule has 0 unspecified atom stereocenters. The molecule has 0 aliphatic heterocycles. The minimum absolute atomic E-state index is 0.133. The van der Waals surface area contributed by atoms with Gasteiger partial charge in [0.15, 0.2) is 5.65 Å². The van der Waals surface area contributed by atoms with E-state index in [4.69, 9.17) is 10.5 Å². The third-order valence-corrected chi connectivity index (χ3v) is 4.63. The topological polar surface area (TPSA) is 95.1 Å². The van der Waals surface area contributed by atoms with E-state index in [9.17, 15) is 4.79 Å². The van der Waals surface area contributed by atoms with Crippen LogP contribution in [0.25, 0.3) is 22.2 Å². The molecule has 0 saturated carbocycles. The molecule has 0 aliphatic carbocycles. The highest BCUT2D eigenvalue weighted by atomic mass is 16.5. The first-order valence-electron chi connectivity index (χ1n) is 9.74. The number of ether oxygens (including phenoxy) is 1. The van der Waals surface area contributed by atoms with Crippen LogP contribution in [0.4, 0.5) is 5.82 Å². The van der Waals surface area contributed by atoms with E-state index in [1.807, 2.05) is 60.8 Å². The number of rotatable bonds is 5. The molecule has 3 N–H and O–H groups in total. The molecular weight excluding hydrogens is 390 g/mol. The summed E-state index contributed by atoms with van der Waals surface area (Å²) in [6.07, 6.45) is 3.28. The van der Waals surface area contributed by atoms with E-state index in [0.717, 1.165) is 27.8 Å². The summed E-state index contributed by atoms with van der Waals surface area (Å²) < 4.78 is 7.66. The number of fused-ring (bicyclic) bond motifs is 1. The van der Waals surface area contributed by atoms with Crippen molar-refractivity contribution in [2.75, 3.05) is 12.3 Å². The zero-order valence-electron chi connectivity index (χ0n) is 17.0. The summed E-state index contributed by atoms with van der Waals surface area (Å²) in [4.78, 5) is 19.5. The molecule has 0 aliphatic rings. The summed E-state index contributed by atoms with van der Waals surface area (Å²) in [6.45, 7) is 2.17. The molecule has 0 bridgehead atoms. The molecule has 4 rings (SSSR count). The fourth-order valence-corrected chi connectivity index (χ4v) is 3.18.